The predicted octanol–water partition coefficient (Wildman–Crippen LogP) is 1.99. The Morgan fingerprint density at radius 2 is 2.33 bits per heavy atom. The highest BCUT2D eigenvalue weighted by Crippen LogP contribution is 2.27. The van der Waals surface area contributed by atoms with Gasteiger partial charge in [0.1, 0.15) is 0 Å². The van der Waals surface area contributed by atoms with Crippen molar-refractivity contribution in [3.05, 3.63) is 21.9 Å². The Morgan fingerprint density at radius 1 is 1.52 bits per heavy atom. The molecule has 1 atom stereocenters. The first-order valence-corrected chi connectivity index (χ1v) is 8.51. The van der Waals surface area contributed by atoms with Gasteiger partial charge >= 0.3 is 0 Å². The summed E-state index contributed by atoms with van der Waals surface area (Å²) in [7, 11) is 0. The molecule has 118 valence electrons. The van der Waals surface area contributed by atoms with Crippen molar-refractivity contribution in [3.8, 4) is 0 Å². The first-order chi connectivity index (χ1) is 9.97. The van der Waals surface area contributed by atoms with Gasteiger partial charge in [-0.15, -0.1) is 11.3 Å². The molecule has 1 saturated heterocycles. The van der Waals surface area contributed by atoms with Crippen molar-refractivity contribution >= 4 is 17.2 Å². The van der Waals surface area contributed by atoms with Crippen LogP contribution in [0.15, 0.2) is 12.1 Å². The average Bonchev–Trinajstić information content (AvgIpc) is 2.98. The van der Waals surface area contributed by atoms with Crippen molar-refractivity contribution in [2.75, 3.05) is 32.7 Å². The maximum absolute atomic E-state index is 11.1. The Kier molecular flexibility index (Phi) is 5.79. The molecular formula is C16H27N3OS. The third-order valence-corrected chi connectivity index (χ3v) is 5.03. The van der Waals surface area contributed by atoms with Crippen LogP contribution in [0.4, 0.5) is 0 Å². The molecule has 21 heavy (non-hydrogen) atoms. The van der Waals surface area contributed by atoms with Gasteiger partial charge in [-0.25, -0.2) is 0 Å². The van der Waals surface area contributed by atoms with Gasteiger partial charge in [-0.2, -0.15) is 0 Å². The van der Waals surface area contributed by atoms with Crippen LogP contribution in [0.2, 0.25) is 0 Å². The highest BCUT2D eigenvalue weighted by atomic mass is 32.1. The summed E-state index contributed by atoms with van der Waals surface area (Å²) in [5.41, 5.74) is 0.350. The number of thiophene rings is 1. The minimum Gasteiger partial charge on any atom is -0.355 e. The molecule has 2 rings (SSSR count). The van der Waals surface area contributed by atoms with E-state index in [1.54, 1.807) is 6.92 Å². The molecule has 1 aromatic heterocycles. The monoisotopic (exact) mass is 309 g/mol. The minimum absolute atomic E-state index is 0.0515. The van der Waals surface area contributed by atoms with Crippen molar-refractivity contribution in [2.24, 2.45) is 5.41 Å². The largest absolute Gasteiger partial charge is 0.355 e. The number of carbonyl (C=O) groups excluding carboxylic acids is 1. The molecule has 5 heteroatoms. The lowest BCUT2D eigenvalue weighted by atomic mass is 9.89. The first kappa shape index (κ1) is 16.5. The maximum atomic E-state index is 11.1. The second-order valence-corrected chi connectivity index (χ2v) is 7.82. The van der Waals surface area contributed by atoms with Gasteiger partial charge in [-0.05, 0) is 37.4 Å². The van der Waals surface area contributed by atoms with Gasteiger partial charge in [-0.3, -0.25) is 9.69 Å². The normalized spacial score (nSPS) is 21.9. The Labute approximate surface area is 131 Å². The second-order valence-electron chi connectivity index (χ2n) is 6.44. The Hall–Kier alpha value is -0.910. The minimum atomic E-state index is 0.0515. The molecule has 1 aliphatic heterocycles. The summed E-state index contributed by atoms with van der Waals surface area (Å²) in [6.07, 6.45) is 1.23. The molecule has 1 amide bonds. The van der Waals surface area contributed by atoms with Gasteiger partial charge in [0.05, 0.1) is 0 Å². The summed E-state index contributed by atoms with van der Waals surface area (Å²) in [5.74, 6) is 0.0515. The predicted molar refractivity (Wildman–Crippen MR) is 88.6 cm³/mol. The van der Waals surface area contributed by atoms with E-state index >= 15 is 0 Å². The van der Waals surface area contributed by atoms with Crippen molar-refractivity contribution < 1.29 is 4.79 Å². The maximum Gasteiger partial charge on any atom is 0.216 e. The standard InChI is InChI=1S/C16H27N3OS/c1-13-4-5-15(21-13)10-19(9-8-18-14(2)20)12-16(3)6-7-17-11-16/h4-5,17H,6-12H2,1-3H3,(H,18,20). The molecule has 0 spiro atoms. The van der Waals surface area contributed by atoms with Crippen molar-refractivity contribution in [2.45, 2.75) is 33.7 Å². The van der Waals surface area contributed by atoms with Crippen molar-refractivity contribution in [1.82, 2.24) is 15.5 Å². The zero-order valence-electron chi connectivity index (χ0n) is 13.4. The molecule has 1 aromatic rings. The number of hydrogen-bond acceptors (Lipinski definition) is 4. The number of nitrogens with zero attached hydrogens (tertiary/aromatic N) is 1. The number of carbonyl (C=O) groups is 1. The van der Waals surface area contributed by atoms with Gasteiger partial charge in [0.25, 0.3) is 0 Å². The Morgan fingerprint density at radius 3 is 2.90 bits per heavy atom. The SMILES string of the molecule is CC(=O)NCCN(Cc1ccc(C)s1)CC1(C)CCNC1. The van der Waals surface area contributed by atoms with Crippen LogP contribution in [0.3, 0.4) is 0 Å². The van der Waals surface area contributed by atoms with Gasteiger partial charge in [-0.1, -0.05) is 6.92 Å². The number of amides is 1. The molecule has 4 nitrogen and oxygen atoms in total. The van der Waals surface area contributed by atoms with E-state index in [9.17, 15) is 4.79 Å². The summed E-state index contributed by atoms with van der Waals surface area (Å²) in [6.45, 7) is 12.0. The lowest BCUT2D eigenvalue weighted by molar-refractivity contribution is -0.119. The molecule has 0 bridgehead atoms. The zero-order valence-corrected chi connectivity index (χ0v) is 14.2. The van der Waals surface area contributed by atoms with Crippen LogP contribution in [0.1, 0.15) is 30.0 Å². The number of nitrogens with one attached hydrogen (secondary N) is 2. The topological polar surface area (TPSA) is 44.4 Å². The Bertz CT molecular complexity index is 466. The van der Waals surface area contributed by atoms with Gasteiger partial charge in [0.15, 0.2) is 0 Å². The van der Waals surface area contributed by atoms with E-state index in [4.69, 9.17) is 0 Å². The van der Waals surface area contributed by atoms with Crippen LogP contribution in [0.25, 0.3) is 0 Å². The average molecular weight is 309 g/mol. The van der Waals surface area contributed by atoms with E-state index in [0.29, 0.717) is 5.41 Å². The van der Waals surface area contributed by atoms with Crippen LogP contribution in [-0.4, -0.2) is 43.5 Å². The third kappa shape index (κ3) is 5.41. The van der Waals surface area contributed by atoms with E-state index in [1.165, 1.54) is 16.2 Å². The van der Waals surface area contributed by atoms with E-state index < -0.39 is 0 Å². The Balaban J connectivity index is 1.93. The molecule has 1 aliphatic rings. The molecule has 1 fully saturated rings. The first-order valence-electron chi connectivity index (χ1n) is 7.70. The quantitative estimate of drug-likeness (QED) is 0.810. The molecule has 0 aliphatic carbocycles. The number of rotatable bonds is 7. The van der Waals surface area contributed by atoms with Crippen LogP contribution in [0.5, 0.6) is 0 Å². The molecule has 2 N–H and O–H groups in total. The lowest BCUT2D eigenvalue weighted by Gasteiger charge is -2.31. The van der Waals surface area contributed by atoms with Crippen LogP contribution >= 0.6 is 11.3 Å². The fourth-order valence-corrected chi connectivity index (χ4v) is 3.87. The van der Waals surface area contributed by atoms with E-state index in [2.05, 4.69) is 41.5 Å². The van der Waals surface area contributed by atoms with Gasteiger partial charge in [0.2, 0.25) is 5.91 Å². The fourth-order valence-electron chi connectivity index (χ4n) is 2.94. The summed E-state index contributed by atoms with van der Waals surface area (Å²) in [5, 5.41) is 6.38. The summed E-state index contributed by atoms with van der Waals surface area (Å²) in [6, 6.07) is 4.41. The molecule has 0 radical (unpaired) electrons. The van der Waals surface area contributed by atoms with E-state index in [0.717, 1.165) is 39.3 Å². The highest BCUT2D eigenvalue weighted by Gasteiger charge is 2.30. The van der Waals surface area contributed by atoms with Gasteiger partial charge < -0.3 is 10.6 Å². The molecule has 1 unspecified atom stereocenters. The summed E-state index contributed by atoms with van der Waals surface area (Å²) < 4.78 is 0. The second kappa shape index (κ2) is 7.38. The van der Waals surface area contributed by atoms with E-state index in [1.807, 2.05) is 11.3 Å². The van der Waals surface area contributed by atoms with Crippen LogP contribution in [-0.2, 0) is 11.3 Å². The number of aryl methyl sites for hydroxylation is 1. The van der Waals surface area contributed by atoms with Crippen LogP contribution in [0, 0.1) is 12.3 Å². The number of hydrogen-bond donors (Lipinski definition) is 2. The van der Waals surface area contributed by atoms with Crippen LogP contribution < -0.4 is 10.6 Å². The summed E-state index contributed by atoms with van der Waals surface area (Å²) in [4.78, 5) is 16.3. The van der Waals surface area contributed by atoms with Crippen molar-refractivity contribution in [1.29, 1.82) is 0 Å². The molecule has 0 saturated carbocycles. The third-order valence-electron chi connectivity index (χ3n) is 4.04. The highest BCUT2D eigenvalue weighted by molar-refractivity contribution is 7.11. The van der Waals surface area contributed by atoms with Gasteiger partial charge in [0, 0.05) is 49.4 Å². The fraction of sp³-hybridized carbons (Fsp3) is 0.688. The molecule has 2 heterocycles. The molecular weight excluding hydrogens is 282 g/mol. The summed E-state index contributed by atoms with van der Waals surface area (Å²) >= 11 is 1.87. The smallest absolute Gasteiger partial charge is 0.216 e. The van der Waals surface area contributed by atoms with E-state index in [-0.39, 0.29) is 5.91 Å². The zero-order chi connectivity index (χ0) is 15.3. The lowest BCUT2D eigenvalue weighted by Crippen LogP contribution is -2.40. The molecule has 0 aromatic carbocycles. The van der Waals surface area contributed by atoms with Crippen molar-refractivity contribution in [3.63, 3.8) is 0 Å².